The molecule has 0 aliphatic heterocycles. The van der Waals surface area contributed by atoms with Gasteiger partial charge in [0.1, 0.15) is 0 Å². The van der Waals surface area contributed by atoms with Crippen LogP contribution in [0.5, 0.6) is 0 Å². The molecule has 1 heterocycles. The number of nitrogens with zero attached hydrogens (tertiary/aromatic N) is 2. The number of rotatable bonds is 3. The van der Waals surface area contributed by atoms with Gasteiger partial charge in [-0.3, -0.25) is 4.68 Å². The normalized spacial score (nSPS) is 12.7. The number of aromatic nitrogens is 2. The van der Waals surface area contributed by atoms with E-state index in [1.165, 1.54) is 0 Å². The molecule has 2 aromatic rings. The van der Waals surface area contributed by atoms with Crippen LogP contribution in [0.2, 0.25) is 5.02 Å². The second-order valence-electron chi connectivity index (χ2n) is 4.27. The van der Waals surface area contributed by atoms with Crippen molar-refractivity contribution < 1.29 is 0 Å². The first kappa shape index (κ1) is 12.1. The lowest BCUT2D eigenvalue weighted by atomic mass is 10.0. The van der Waals surface area contributed by atoms with E-state index < -0.39 is 0 Å². The summed E-state index contributed by atoms with van der Waals surface area (Å²) in [5, 5.41) is 5.13. The van der Waals surface area contributed by atoms with E-state index in [-0.39, 0.29) is 6.04 Å². The Hall–Kier alpha value is -1.32. The van der Waals surface area contributed by atoms with Gasteiger partial charge in [0.15, 0.2) is 0 Å². The molecule has 0 amide bonds. The lowest BCUT2D eigenvalue weighted by Gasteiger charge is -2.08. The maximum atomic E-state index is 6.14. The van der Waals surface area contributed by atoms with Gasteiger partial charge < -0.3 is 5.73 Å². The van der Waals surface area contributed by atoms with Gasteiger partial charge in [-0.05, 0) is 37.1 Å². The van der Waals surface area contributed by atoms with Gasteiger partial charge in [0, 0.05) is 17.8 Å². The molecule has 0 fully saturated rings. The first-order valence-corrected chi connectivity index (χ1v) is 5.94. The van der Waals surface area contributed by atoms with Crippen LogP contribution in [0, 0.1) is 6.92 Å². The molecule has 0 spiro atoms. The van der Waals surface area contributed by atoms with E-state index in [9.17, 15) is 0 Å². The fourth-order valence-electron chi connectivity index (χ4n) is 1.79. The minimum absolute atomic E-state index is 0.0895. The average Bonchev–Trinajstić information content (AvgIpc) is 2.59. The first-order valence-electron chi connectivity index (χ1n) is 5.57. The standard InChI is InChI=1S/C13H16ClN3/c1-9-6-13(16-17(9)2)12(15)8-10-4-3-5-11(14)7-10/h3-7,12H,8,15H2,1-2H3. The molecule has 3 nitrogen and oxygen atoms in total. The molecule has 17 heavy (non-hydrogen) atoms. The third kappa shape index (κ3) is 2.87. The Balaban J connectivity index is 2.14. The zero-order valence-corrected chi connectivity index (χ0v) is 10.8. The second kappa shape index (κ2) is 4.90. The molecule has 1 unspecified atom stereocenters. The van der Waals surface area contributed by atoms with E-state index in [2.05, 4.69) is 5.10 Å². The van der Waals surface area contributed by atoms with Crippen LogP contribution in [0.25, 0.3) is 0 Å². The van der Waals surface area contributed by atoms with E-state index in [1.54, 1.807) is 0 Å². The summed E-state index contributed by atoms with van der Waals surface area (Å²) in [6.07, 6.45) is 0.747. The van der Waals surface area contributed by atoms with E-state index in [4.69, 9.17) is 17.3 Å². The molecular weight excluding hydrogens is 234 g/mol. The molecule has 0 aliphatic rings. The number of hydrogen-bond donors (Lipinski definition) is 1. The lowest BCUT2D eigenvalue weighted by molar-refractivity contribution is 0.652. The highest BCUT2D eigenvalue weighted by molar-refractivity contribution is 6.30. The van der Waals surface area contributed by atoms with Crippen LogP contribution in [0.1, 0.15) is 23.0 Å². The zero-order valence-electron chi connectivity index (χ0n) is 10.0. The molecule has 0 radical (unpaired) electrons. The Morgan fingerprint density at radius 3 is 2.76 bits per heavy atom. The minimum atomic E-state index is -0.0895. The van der Waals surface area contributed by atoms with Gasteiger partial charge in [0.25, 0.3) is 0 Å². The number of hydrogen-bond acceptors (Lipinski definition) is 2. The third-order valence-corrected chi connectivity index (χ3v) is 3.09. The van der Waals surface area contributed by atoms with E-state index in [0.717, 1.165) is 28.4 Å². The van der Waals surface area contributed by atoms with Gasteiger partial charge in [-0.1, -0.05) is 23.7 Å². The second-order valence-corrected chi connectivity index (χ2v) is 4.71. The van der Waals surface area contributed by atoms with Gasteiger partial charge >= 0.3 is 0 Å². The summed E-state index contributed by atoms with van der Waals surface area (Å²) in [4.78, 5) is 0. The van der Waals surface area contributed by atoms with Crippen molar-refractivity contribution in [2.75, 3.05) is 0 Å². The van der Waals surface area contributed by atoms with Crippen LogP contribution in [0.4, 0.5) is 0 Å². The highest BCUT2D eigenvalue weighted by Crippen LogP contribution is 2.18. The molecule has 0 aliphatic carbocycles. The smallest absolute Gasteiger partial charge is 0.0797 e. The lowest BCUT2D eigenvalue weighted by Crippen LogP contribution is -2.14. The molecule has 2 rings (SSSR count). The molecule has 1 atom stereocenters. The van der Waals surface area contributed by atoms with Crippen molar-refractivity contribution in [1.82, 2.24) is 9.78 Å². The van der Waals surface area contributed by atoms with Crippen molar-refractivity contribution in [3.63, 3.8) is 0 Å². The van der Waals surface area contributed by atoms with E-state index in [1.807, 2.05) is 49.0 Å². The van der Waals surface area contributed by atoms with Crippen LogP contribution in [-0.2, 0) is 13.5 Å². The van der Waals surface area contributed by atoms with Crippen LogP contribution in [0.3, 0.4) is 0 Å². The van der Waals surface area contributed by atoms with Gasteiger partial charge in [-0.15, -0.1) is 0 Å². The molecule has 1 aromatic carbocycles. The molecular formula is C13H16ClN3. The third-order valence-electron chi connectivity index (χ3n) is 2.86. The van der Waals surface area contributed by atoms with Crippen molar-refractivity contribution in [1.29, 1.82) is 0 Å². The Bertz CT molecular complexity index is 500. The molecule has 0 saturated heterocycles. The summed E-state index contributed by atoms with van der Waals surface area (Å²) in [6.45, 7) is 2.02. The topological polar surface area (TPSA) is 43.8 Å². The quantitative estimate of drug-likeness (QED) is 0.909. The molecule has 0 bridgehead atoms. The highest BCUT2D eigenvalue weighted by atomic mass is 35.5. The molecule has 4 heteroatoms. The summed E-state index contributed by atoms with van der Waals surface area (Å²) in [6, 6.07) is 9.71. The Kier molecular flexibility index (Phi) is 3.50. The predicted molar refractivity (Wildman–Crippen MR) is 70.0 cm³/mol. The highest BCUT2D eigenvalue weighted by Gasteiger charge is 2.11. The van der Waals surface area contributed by atoms with Gasteiger partial charge in [0.05, 0.1) is 11.7 Å². The first-order chi connectivity index (χ1) is 8.06. The molecule has 0 saturated carbocycles. The van der Waals surface area contributed by atoms with E-state index in [0.29, 0.717) is 0 Å². The van der Waals surface area contributed by atoms with Crippen molar-refractivity contribution in [3.8, 4) is 0 Å². The van der Waals surface area contributed by atoms with Gasteiger partial charge in [-0.25, -0.2) is 0 Å². The van der Waals surface area contributed by atoms with Crippen LogP contribution >= 0.6 is 11.6 Å². The summed E-state index contributed by atoms with van der Waals surface area (Å²) in [7, 11) is 1.92. The van der Waals surface area contributed by atoms with Crippen molar-refractivity contribution in [2.24, 2.45) is 12.8 Å². The van der Waals surface area contributed by atoms with Crippen LogP contribution < -0.4 is 5.73 Å². The maximum Gasteiger partial charge on any atom is 0.0797 e. The zero-order chi connectivity index (χ0) is 12.4. The molecule has 2 N–H and O–H groups in total. The van der Waals surface area contributed by atoms with E-state index >= 15 is 0 Å². The largest absolute Gasteiger partial charge is 0.322 e. The summed E-state index contributed by atoms with van der Waals surface area (Å²) in [5.74, 6) is 0. The van der Waals surface area contributed by atoms with Crippen molar-refractivity contribution in [2.45, 2.75) is 19.4 Å². The fourth-order valence-corrected chi connectivity index (χ4v) is 2.00. The number of nitrogens with two attached hydrogens (primary N) is 1. The number of halogens is 1. The summed E-state index contributed by atoms with van der Waals surface area (Å²) >= 11 is 5.94. The summed E-state index contributed by atoms with van der Waals surface area (Å²) in [5.41, 5.74) is 9.31. The monoisotopic (exact) mass is 249 g/mol. The SMILES string of the molecule is Cc1cc(C(N)Cc2cccc(Cl)c2)nn1C. The van der Waals surface area contributed by atoms with Crippen LogP contribution in [0.15, 0.2) is 30.3 Å². The Morgan fingerprint density at radius 2 is 2.18 bits per heavy atom. The number of aryl methyl sites for hydroxylation is 2. The van der Waals surface area contributed by atoms with Crippen molar-refractivity contribution >= 4 is 11.6 Å². The van der Waals surface area contributed by atoms with Gasteiger partial charge in [0.2, 0.25) is 0 Å². The van der Waals surface area contributed by atoms with Crippen LogP contribution in [-0.4, -0.2) is 9.78 Å². The Morgan fingerprint density at radius 1 is 1.41 bits per heavy atom. The number of benzene rings is 1. The average molecular weight is 250 g/mol. The predicted octanol–water partition coefficient (Wildman–Crippen LogP) is 2.62. The fraction of sp³-hybridized carbons (Fsp3) is 0.308. The van der Waals surface area contributed by atoms with Gasteiger partial charge in [-0.2, -0.15) is 5.10 Å². The van der Waals surface area contributed by atoms with Crippen molar-refractivity contribution in [3.05, 3.63) is 52.3 Å². The Labute approximate surface area is 106 Å². The minimum Gasteiger partial charge on any atom is -0.322 e. The maximum absolute atomic E-state index is 6.14. The molecule has 90 valence electrons. The molecule has 1 aromatic heterocycles. The summed E-state index contributed by atoms with van der Waals surface area (Å²) < 4.78 is 1.84.